The fraction of sp³-hybridized carbons (Fsp3) is 0.889. The van der Waals surface area contributed by atoms with Gasteiger partial charge in [0.1, 0.15) is 0 Å². The maximum absolute atomic E-state index is 11.5. The highest BCUT2D eigenvalue weighted by Crippen LogP contribution is 2.16. The average Bonchev–Trinajstić information content (AvgIpc) is 2.18. The molecule has 1 unspecified atom stereocenters. The molecule has 1 aliphatic heterocycles. The Kier molecular flexibility index (Phi) is 4.18. The van der Waals surface area contributed by atoms with Gasteiger partial charge in [-0.3, -0.25) is 4.79 Å². The molecule has 13 heavy (non-hydrogen) atoms. The third-order valence-corrected chi connectivity index (χ3v) is 2.49. The second kappa shape index (κ2) is 5.19. The SMILES string of the molecule is CNCC(=O)N1CCCCC1CO. The number of amides is 1. The summed E-state index contributed by atoms with van der Waals surface area (Å²) in [7, 11) is 1.76. The van der Waals surface area contributed by atoms with E-state index in [1.807, 2.05) is 0 Å². The molecule has 4 heteroatoms. The molecule has 1 heterocycles. The molecule has 4 nitrogen and oxygen atoms in total. The molecule has 0 aliphatic carbocycles. The molecule has 0 aromatic heterocycles. The Morgan fingerprint density at radius 3 is 3.00 bits per heavy atom. The lowest BCUT2D eigenvalue weighted by Gasteiger charge is -2.34. The largest absolute Gasteiger partial charge is 0.394 e. The lowest BCUT2D eigenvalue weighted by atomic mass is 10.0. The Balaban J connectivity index is 2.48. The molecular weight excluding hydrogens is 168 g/mol. The summed E-state index contributed by atoms with van der Waals surface area (Å²) in [6.45, 7) is 1.26. The van der Waals surface area contributed by atoms with E-state index in [1.54, 1.807) is 11.9 Å². The highest BCUT2D eigenvalue weighted by atomic mass is 16.3. The van der Waals surface area contributed by atoms with Gasteiger partial charge in [0.05, 0.1) is 19.2 Å². The van der Waals surface area contributed by atoms with Crippen molar-refractivity contribution in [2.75, 3.05) is 26.7 Å². The van der Waals surface area contributed by atoms with E-state index in [4.69, 9.17) is 5.11 Å². The van der Waals surface area contributed by atoms with Crippen LogP contribution in [0.1, 0.15) is 19.3 Å². The number of nitrogens with zero attached hydrogens (tertiary/aromatic N) is 1. The molecule has 0 aromatic rings. The van der Waals surface area contributed by atoms with Gasteiger partial charge in [-0.1, -0.05) is 0 Å². The van der Waals surface area contributed by atoms with Crippen molar-refractivity contribution in [3.63, 3.8) is 0 Å². The van der Waals surface area contributed by atoms with E-state index in [-0.39, 0.29) is 18.6 Å². The van der Waals surface area contributed by atoms with E-state index < -0.39 is 0 Å². The van der Waals surface area contributed by atoms with Crippen molar-refractivity contribution in [2.24, 2.45) is 0 Å². The van der Waals surface area contributed by atoms with Crippen LogP contribution in [0.2, 0.25) is 0 Å². The first-order chi connectivity index (χ1) is 6.29. The minimum Gasteiger partial charge on any atom is -0.394 e. The molecule has 1 amide bonds. The first-order valence-electron chi connectivity index (χ1n) is 4.84. The number of piperidine rings is 1. The maximum Gasteiger partial charge on any atom is 0.236 e. The van der Waals surface area contributed by atoms with Gasteiger partial charge in [0.2, 0.25) is 5.91 Å². The summed E-state index contributed by atoms with van der Waals surface area (Å²) in [4.78, 5) is 13.3. The monoisotopic (exact) mass is 186 g/mol. The van der Waals surface area contributed by atoms with E-state index in [0.29, 0.717) is 6.54 Å². The number of rotatable bonds is 3. The Labute approximate surface area is 78.9 Å². The number of likely N-dealkylation sites (tertiary alicyclic amines) is 1. The van der Waals surface area contributed by atoms with Crippen molar-refractivity contribution in [1.29, 1.82) is 0 Å². The fourth-order valence-electron chi connectivity index (χ4n) is 1.77. The summed E-state index contributed by atoms with van der Waals surface area (Å²) in [6, 6.07) is 0.0506. The third-order valence-electron chi connectivity index (χ3n) is 2.49. The van der Waals surface area contributed by atoms with Crippen LogP contribution in [0.3, 0.4) is 0 Å². The smallest absolute Gasteiger partial charge is 0.236 e. The van der Waals surface area contributed by atoms with Gasteiger partial charge < -0.3 is 15.3 Å². The molecule has 1 fully saturated rings. The molecule has 2 N–H and O–H groups in total. The van der Waals surface area contributed by atoms with Crippen molar-refractivity contribution in [3.8, 4) is 0 Å². The Morgan fingerprint density at radius 2 is 2.38 bits per heavy atom. The lowest BCUT2D eigenvalue weighted by Crippen LogP contribution is -2.48. The van der Waals surface area contributed by atoms with Crippen molar-refractivity contribution in [1.82, 2.24) is 10.2 Å². The normalized spacial score (nSPS) is 23.2. The zero-order chi connectivity index (χ0) is 9.68. The van der Waals surface area contributed by atoms with Crippen LogP contribution in [-0.4, -0.2) is 48.7 Å². The van der Waals surface area contributed by atoms with Crippen LogP contribution < -0.4 is 5.32 Å². The van der Waals surface area contributed by atoms with E-state index >= 15 is 0 Å². The topological polar surface area (TPSA) is 52.6 Å². The minimum atomic E-state index is 0.0506. The van der Waals surface area contributed by atoms with Gasteiger partial charge in [-0.25, -0.2) is 0 Å². The third kappa shape index (κ3) is 2.67. The molecular formula is C9H18N2O2. The zero-order valence-corrected chi connectivity index (χ0v) is 8.12. The molecule has 0 saturated carbocycles. The van der Waals surface area contributed by atoms with Crippen LogP contribution in [-0.2, 0) is 4.79 Å². The molecule has 1 aliphatic rings. The molecule has 1 atom stereocenters. The minimum absolute atomic E-state index is 0.0506. The molecule has 1 saturated heterocycles. The quantitative estimate of drug-likeness (QED) is 0.629. The molecule has 1 rings (SSSR count). The summed E-state index contributed by atoms with van der Waals surface area (Å²) in [5.74, 6) is 0.0984. The molecule has 0 radical (unpaired) electrons. The molecule has 0 spiro atoms. The molecule has 0 aromatic carbocycles. The van der Waals surface area contributed by atoms with Gasteiger partial charge in [-0.05, 0) is 26.3 Å². The van der Waals surface area contributed by atoms with Crippen LogP contribution in [0.15, 0.2) is 0 Å². The van der Waals surface area contributed by atoms with Crippen LogP contribution in [0.25, 0.3) is 0 Å². The van der Waals surface area contributed by atoms with Gasteiger partial charge >= 0.3 is 0 Å². The van der Waals surface area contributed by atoms with Crippen LogP contribution in [0.4, 0.5) is 0 Å². The number of likely N-dealkylation sites (N-methyl/N-ethyl adjacent to an activating group) is 1. The number of nitrogens with one attached hydrogen (secondary N) is 1. The number of aliphatic hydroxyl groups excluding tert-OH is 1. The predicted octanol–water partition coefficient (Wildman–Crippen LogP) is -0.421. The number of carbonyl (C=O) groups excluding carboxylic acids is 1. The molecule has 0 bridgehead atoms. The number of hydrogen-bond donors (Lipinski definition) is 2. The van der Waals surface area contributed by atoms with Gasteiger partial charge in [-0.2, -0.15) is 0 Å². The van der Waals surface area contributed by atoms with Crippen molar-refractivity contribution in [3.05, 3.63) is 0 Å². The van der Waals surface area contributed by atoms with Crippen molar-refractivity contribution in [2.45, 2.75) is 25.3 Å². The van der Waals surface area contributed by atoms with Crippen molar-refractivity contribution < 1.29 is 9.90 Å². The Morgan fingerprint density at radius 1 is 1.62 bits per heavy atom. The van der Waals surface area contributed by atoms with E-state index in [0.717, 1.165) is 25.8 Å². The Hall–Kier alpha value is -0.610. The second-order valence-electron chi connectivity index (χ2n) is 3.45. The summed E-state index contributed by atoms with van der Waals surface area (Å²) >= 11 is 0. The van der Waals surface area contributed by atoms with Gasteiger partial charge in [0.25, 0.3) is 0 Å². The highest BCUT2D eigenvalue weighted by Gasteiger charge is 2.24. The molecule has 76 valence electrons. The summed E-state index contributed by atoms with van der Waals surface area (Å²) in [5, 5.41) is 11.9. The van der Waals surface area contributed by atoms with Crippen LogP contribution in [0.5, 0.6) is 0 Å². The van der Waals surface area contributed by atoms with E-state index in [9.17, 15) is 4.79 Å². The summed E-state index contributed by atoms with van der Waals surface area (Å²) < 4.78 is 0. The summed E-state index contributed by atoms with van der Waals surface area (Å²) in [5.41, 5.74) is 0. The average molecular weight is 186 g/mol. The second-order valence-corrected chi connectivity index (χ2v) is 3.45. The number of aliphatic hydroxyl groups is 1. The summed E-state index contributed by atoms with van der Waals surface area (Å²) in [6.07, 6.45) is 3.12. The fourth-order valence-corrected chi connectivity index (χ4v) is 1.77. The van der Waals surface area contributed by atoms with Crippen molar-refractivity contribution >= 4 is 5.91 Å². The predicted molar refractivity (Wildman–Crippen MR) is 50.4 cm³/mol. The first-order valence-corrected chi connectivity index (χ1v) is 4.84. The van der Waals surface area contributed by atoms with Gasteiger partial charge in [0.15, 0.2) is 0 Å². The zero-order valence-electron chi connectivity index (χ0n) is 8.12. The van der Waals surface area contributed by atoms with E-state index in [1.165, 1.54) is 0 Å². The Bertz CT molecular complexity index is 173. The lowest BCUT2D eigenvalue weighted by molar-refractivity contribution is -0.134. The highest BCUT2D eigenvalue weighted by molar-refractivity contribution is 5.78. The first kappa shape index (κ1) is 10.5. The standard InChI is InChI=1S/C9H18N2O2/c1-10-6-9(13)11-5-3-2-4-8(11)7-12/h8,10,12H,2-7H2,1H3. The number of carbonyl (C=O) groups is 1. The van der Waals surface area contributed by atoms with Gasteiger partial charge in [0, 0.05) is 6.54 Å². The maximum atomic E-state index is 11.5. The van der Waals surface area contributed by atoms with Gasteiger partial charge in [-0.15, -0.1) is 0 Å². The van der Waals surface area contributed by atoms with E-state index in [2.05, 4.69) is 5.32 Å². The van der Waals surface area contributed by atoms with Crippen LogP contribution >= 0.6 is 0 Å². The van der Waals surface area contributed by atoms with Crippen LogP contribution in [0, 0.1) is 0 Å². The number of hydrogen-bond acceptors (Lipinski definition) is 3.